The second kappa shape index (κ2) is 6.14. The van der Waals surface area contributed by atoms with Crippen molar-refractivity contribution in [2.45, 2.75) is 19.3 Å². The molecule has 0 amide bonds. The monoisotopic (exact) mass is 333 g/mol. The third kappa shape index (κ3) is 2.60. The number of nitrogens with one attached hydrogen (secondary N) is 1. The van der Waals surface area contributed by atoms with Gasteiger partial charge in [0, 0.05) is 33.8 Å². The van der Waals surface area contributed by atoms with Crippen molar-refractivity contribution in [2.24, 2.45) is 0 Å². The van der Waals surface area contributed by atoms with E-state index in [1.54, 1.807) is 0 Å². The maximum Gasteiger partial charge on any atom is 0.0991 e. The quantitative estimate of drug-likeness (QED) is 0.668. The van der Waals surface area contributed by atoms with Crippen molar-refractivity contribution in [1.29, 1.82) is 5.26 Å². The maximum absolute atomic E-state index is 9.01. The molecule has 0 saturated heterocycles. The molecule has 1 N–H and O–H groups in total. The van der Waals surface area contributed by atoms with E-state index in [1.165, 1.54) is 5.56 Å². The Morgan fingerprint density at radius 2 is 1.92 bits per heavy atom. The van der Waals surface area contributed by atoms with E-state index < -0.39 is 0 Å². The molecule has 0 spiro atoms. The smallest absolute Gasteiger partial charge is 0.0991 e. The average molecular weight is 334 g/mol. The van der Waals surface area contributed by atoms with Crippen molar-refractivity contribution in [3.8, 4) is 17.3 Å². The van der Waals surface area contributed by atoms with Gasteiger partial charge in [-0.05, 0) is 49.6 Å². The predicted molar refractivity (Wildman–Crippen MR) is 98.3 cm³/mol. The highest BCUT2D eigenvalue weighted by Crippen LogP contribution is 2.37. The highest BCUT2D eigenvalue weighted by atomic mass is 35.5. The summed E-state index contributed by atoms with van der Waals surface area (Å²) in [6.07, 6.45) is 3.27. The van der Waals surface area contributed by atoms with Gasteiger partial charge in [-0.25, -0.2) is 4.98 Å². The Labute approximate surface area is 145 Å². The lowest BCUT2D eigenvalue weighted by atomic mass is 9.97. The minimum atomic E-state index is 0.663. The van der Waals surface area contributed by atoms with Crippen LogP contribution in [-0.2, 0) is 6.42 Å². The zero-order valence-corrected chi connectivity index (χ0v) is 13.9. The van der Waals surface area contributed by atoms with Gasteiger partial charge in [0.2, 0.25) is 0 Å². The number of anilines is 1. The molecule has 118 valence electrons. The summed E-state index contributed by atoms with van der Waals surface area (Å²) in [5.41, 5.74) is 6.04. The zero-order chi connectivity index (χ0) is 16.5. The Hall–Kier alpha value is -2.57. The second-order valence-corrected chi connectivity index (χ2v) is 6.48. The van der Waals surface area contributed by atoms with Crippen molar-refractivity contribution in [2.75, 3.05) is 11.9 Å². The van der Waals surface area contributed by atoms with Crippen molar-refractivity contribution in [1.82, 2.24) is 4.98 Å². The van der Waals surface area contributed by atoms with E-state index in [0.29, 0.717) is 5.56 Å². The van der Waals surface area contributed by atoms with E-state index in [-0.39, 0.29) is 0 Å². The van der Waals surface area contributed by atoms with Gasteiger partial charge in [0.1, 0.15) is 0 Å². The van der Waals surface area contributed by atoms with Gasteiger partial charge < -0.3 is 5.32 Å². The maximum atomic E-state index is 9.01. The topological polar surface area (TPSA) is 48.7 Å². The molecule has 2 heterocycles. The fraction of sp³-hybridized carbons (Fsp3) is 0.200. The Balaban J connectivity index is 1.99. The highest BCUT2D eigenvalue weighted by Gasteiger charge is 2.18. The number of fused-ring (bicyclic) bond motifs is 3. The van der Waals surface area contributed by atoms with Gasteiger partial charge >= 0.3 is 0 Å². The molecule has 0 saturated carbocycles. The SMILES string of the molecule is N#Cc1ccc(-c2nc3ccc(Cl)cc3c3c2CCCCN3)cc1. The predicted octanol–water partition coefficient (Wildman–Crippen LogP) is 5.18. The molecule has 3 aromatic rings. The summed E-state index contributed by atoms with van der Waals surface area (Å²) in [4.78, 5) is 4.92. The molecular weight excluding hydrogens is 318 g/mol. The Bertz CT molecular complexity index is 955. The molecule has 1 aromatic heterocycles. The number of rotatable bonds is 1. The average Bonchev–Trinajstić information content (AvgIpc) is 2.87. The van der Waals surface area contributed by atoms with Crippen LogP contribution in [0.3, 0.4) is 0 Å². The van der Waals surface area contributed by atoms with Gasteiger partial charge in [0.05, 0.1) is 22.8 Å². The van der Waals surface area contributed by atoms with E-state index in [1.807, 2.05) is 42.5 Å². The molecule has 0 aliphatic carbocycles. The lowest BCUT2D eigenvalue weighted by Crippen LogP contribution is -2.03. The molecule has 3 nitrogen and oxygen atoms in total. The summed E-state index contributed by atoms with van der Waals surface area (Å²) in [5.74, 6) is 0. The fourth-order valence-electron chi connectivity index (χ4n) is 3.30. The first kappa shape index (κ1) is 15.0. The van der Waals surface area contributed by atoms with Crippen LogP contribution in [0, 0.1) is 11.3 Å². The van der Waals surface area contributed by atoms with Gasteiger partial charge in [-0.2, -0.15) is 5.26 Å². The van der Waals surface area contributed by atoms with Crippen LogP contribution in [0.25, 0.3) is 22.2 Å². The van der Waals surface area contributed by atoms with E-state index in [9.17, 15) is 0 Å². The number of pyridine rings is 1. The molecular formula is C20H16ClN3. The summed E-state index contributed by atoms with van der Waals surface area (Å²) >= 11 is 6.21. The molecule has 4 heteroatoms. The molecule has 24 heavy (non-hydrogen) atoms. The Morgan fingerprint density at radius 3 is 2.71 bits per heavy atom. The largest absolute Gasteiger partial charge is 0.384 e. The van der Waals surface area contributed by atoms with Crippen LogP contribution in [-0.4, -0.2) is 11.5 Å². The first-order valence-corrected chi connectivity index (χ1v) is 8.50. The van der Waals surface area contributed by atoms with Crippen LogP contribution in [0.2, 0.25) is 5.02 Å². The van der Waals surface area contributed by atoms with Gasteiger partial charge in [-0.3, -0.25) is 0 Å². The van der Waals surface area contributed by atoms with Crippen LogP contribution in [0.1, 0.15) is 24.0 Å². The number of hydrogen-bond acceptors (Lipinski definition) is 3. The summed E-state index contributed by atoms with van der Waals surface area (Å²) in [6, 6.07) is 15.7. The van der Waals surface area contributed by atoms with Crippen LogP contribution in [0.4, 0.5) is 5.69 Å². The first-order chi connectivity index (χ1) is 11.8. The standard InChI is InChI=1S/C20H16ClN3/c21-15-8-9-18-17(11-15)20-16(3-1-2-10-23-20)19(24-18)14-6-4-13(12-22)5-7-14/h4-9,11,23H,1-3,10H2. The fourth-order valence-corrected chi connectivity index (χ4v) is 3.47. The number of benzene rings is 2. The molecule has 0 bridgehead atoms. The second-order valence-electron chi connectivity index (χ2n) is 6.05. The molecule has 1 aliphatic heterocycles. The normalized spacial score (nSPS) is 13.7. The number of nitriles is 1. The van der Waals surface area contributed by atoms with E-state index >= 15 is 0 Å². The molecule has 0 fully saturated rings. The van der Waals surface area contributed by atoms with Crippen molar-refractivity contribution in [3.63, 3.8) is 0 Å². The van der Waals surface area contributed by atoms with Crippen molar-refractivity contribution in [3.05, 3.63) is 58.6 Å². The van der Waals surface area contributed by atoms with Gasteiger partial charge in [0.15, 0.2) is 0 Å². The highest BCUT2D eigenvalue weighted by molar-refractivity contribution is 6.31. The molecule has 0 atom stereocenters. The minimum Gasteiger partial charge on any atom is -0.384 e. The van der Waals surface area contributed by atoms with E-state index in [4.69, 9.17) is 21.8 Å². The van der Waals surface area contributed by atoms with Crippen molar-refractivity contribution >= 4 is 28.2 Å². The first-order valence-electron chi connectivity index (χ1n) is 8.13. The molecule has 1 aliphatic rings. The summed E-state index contributed by atoms with van der Waals surface area (Å²) in [7, 11) is 0. The lowest BCUT2D eigenvalue weighted by molar-refractivity contribution is 0.785. The third-order valence-corrected chi connectivity index (χ3v) is 4.73. The van der Waals surface area contributed by atoms with Crippen LogP contribution >= 0.6 is 11.6 Å². The Morgan fingerprint density at radius 1 is 1.08 bits per heavy atom. The molecule has 0 radical (unpaired) electrons. The van der Waals surface area contributed by atoms with E-state index in [0.717, 1.165) is 58.7 Å². The number of nitrogens with zero attached hydrogens (tertiary/aromatic N) is 2. The van der Waals surface area contributed by atoms with Crippen LogP contribution in [0.5, 0.6) is 0 Å². The third-order valence-electron chi connectivity index (χ3n) is 4.49. The van der Waals surface area contributed by atoms with Crippen LogP contribution < -0.4 is 5.32 Å². The van der Waals surface area contributed by atoms with Crippen molar-refractivity contribution < 1.29 is 0 Å². The van der Waals surface area contributed by atoms with Gasteiger partial charge in [-0.1, -0.05) is 23.7 Å². The zero-order valence-electron chi connectivity index (χ0n) is 13.1. The lowest BCUT2D eigenvalue weighted by Gasteiger charge is -2.16. The number of hydrogen-bond donors (Lipinski definition) is 1. The van der Waals surface area contributed by atoms with Crippen LogP contribution in [0.15, 0.2) is 42.5 Å². The summed E-state index contributed by atoms with van der Waals surface area (Å²) in [6.45, 7) is 0.964. The number of halogens is 1. The van der Waals surface area contributed by atoms with Gasteiger partial charge in [0.25, 0.3) is 0 Å². The molecule has 4 rings (SSSR count). The summed E-state index contributed by atoms with van der Waals surface area (Å²) in [5, 5.41) is 14.4. The summed E-state index contributed by atoms with van der Waals surface area (Å²) < 4.78 is 0. The Kier molecular flexibility index (Phi) is 3.84. The number of aromatic nitrogens is 1. The van der Waals surface area contributed by atoms with Gasteiger partial charge in [-0.15, -0.1) is 0 Å². The molecule has 2 aromatic carbocycles. The molecule has 0 unspecified atom stereocenters. The van der Waals surface area contributed by atoms with E-state index in [2.05, 4.69) is 11.4 Å². The minimum absolute atomic E-state index is 0.663.